The second-order valence-corrected chi connectivity index (χ2v) is 7.45. The quantitative estimate of drug-likeness (QED) is 0.337. The minimum Gasteiger partial charge on any atom is -0.457 e. The van der Waals surface area contributed by atoms with E-state index >= 15 is 0 Å². The fourth-order valence-electron chi connectivity index (χ4n) is 2.30. The zero-order chi connectivity index (χ0) is 22.7. The molecule has 0 aliphatic carbocycles. The molecule has 8 heteroatoms. The van der Waals surface area contributed by atoms with Gasteiger partial charge in [0.25, 0.3) is 5.91 Å². The Morgan fingerprint density at radius 3 is 2.26 bits per heavy atom. The van der Waals surface area contributed by atoms with Crippen molar-refractivity contribution in [3.05, 3.63) is 66.4 Å². The van der Waals surface area contributed by atoms with Crippen LogP contribution in [0, 0.1) is 11.3 Å². The van der Waals surface area contributed by atoms with E-state index in [4.69, 9.17) is 9.47 Å². The molecule has 0 saturated heterocycles. The summed E-state index contributed by atoms with van der Waals surface area (Å²) < 4.78 is 10.8. The van der Waals surface area contributed by atoms with Gasteiger partial charge in [-0.2, -0.15) is 5.26 Å². The molecule has 0 spiro atoms. The Morgan fingerprint density at radius 2 is 1.65 bits per heavy atom. The summed E-state index contributed by atoms with van der Waals surface area (Å²) in [6.07, 6.45) is 0.773. The Balaban J connectivity index is 1.80. The van der Waals surface area contributed by atoms with Crippen molar-refractivity contribution in [1.82, 2.24) is 10.6 Å². The third kappa shape index (κ3) is 8.92. The maximum Gasteiger partial charge on any atom is 0.407 e. The minimum absolute atomic E-state index is 0.0955. The first-order valence-electron chi connectivity index (χ1n) is 9.71. The first-order valence-corrected chi connectivity index (χ1v) is 9.71. The summed E-state index contributed by atoms with van der Waals surface area (Å²) in [5.74, 6) is 0.785. The molecule has 0 fully saturated rings. The lowest BCUT2D eigenvalue weighted by atomic mass is 10.2. The molecule has 162 valence electrons. The standard InChI is InChI=1S/C23H26N4O4/c1-23(2,3)31-22(29)26-14-13-25-16-17(15-24)21(28)27-18-9-11-20(12-10-18)30-19-7-5-4-6-8-19/h4-12,16,25H,13-14H2,1-3H3,(H,26,29)(H,27,28)/b17-16-. The molecule has 3 N–H and O–H groups in total. The number of para-hydroxylation sites is 1. The number of nitrogens with one attached hydrogen (secondary N) is 3. The molecule has 2 rings (SSSR count). The van der Waals surface area contributed by atoms with Gasteiger partial charge in [-0.25, -0.2) is 4.79 Å². The number of hydrogen-bond acceptors (Lipinski definition) is 6. The third-order valence-corrected chi connectivity index (χ3v) is 3.64. The van der Waals surface area contributed by atoms with Crippen molar-refractivity contribution in [2.24, 2.45) is 0 Å². The summed E-state index contributed by atoms with van der Waals surface area (Å²) in [4.78, 5) is 23.8. The molecular formula is C23H26N4O4. The van der Waals surface area contributed by atoms with Crippen molar-refractivity contribution in [3.63, 3.8) is 0 Å². The van der Waals surface area contributed by atoms with E-state index in [2.05, 4.69) is 16.0 Å². The number of benzene rings is 2. The molecular weight excluding hydrogens is 396 g/mol. The van der Waals surface area contributed by atoms with Gasteiger partial charge >= 0.3 is 6.09 Å². The van der Waals surface area contributed by atoms with Crippen molar-refractivity contribution in [3.8, 4) is 17.6 Å². The fraction of sp³-hybridized carbons (Fsp3) is 0.261. The third-order valence-electron chi connectivity index (χ3n) is 3.64. The summed E-state index contributed by atoms with van der Waals surface area (Å²) in [5.41, 5.74) is -0.143. The number of alkyl carbamates (subject to hydrolysis) is 1. The predicted molar refractivity (Wildman–Crippen MR) is 118 cm³/mol. The smallest absolute Gasteiger partial charge is 0.407 e. The largest absolute Gasteiger partial charge is 0.457 e. The van der Waals surface area contributed by atoms with Gasteiger partial charge in [0.1, 0.15) is 28.7 Å². The summed E-state index contributed by atoms with van der Waals surface area (Å²) in [7, 11) is 0. The first kappa shape index (κ1) is 23.3. The van der Waals surface area contributed by atoms with Gasteiger partial charge in [-0.3, -0.25) is 4.79 Å². The van der Waals surface area contributed by atoms with E-state index in [-0.39, 0.29) is 12.1 Å². The predicted octanol–water partition coefficient (Wildman–Crippen LogP) is 3.94. The highest BCUT2D eigenvalue weighted by Gasteiger charge is 2.15. The Labute approximate surface area is 181 Å². The number of anilines is 1. The van der Waals surface area contributed by atoms with Crippen LogP contribution in [0.4, 0.5) is 10.5 Å². The molecule has 2 aromatic rings. The van der Waals surface area contributed by atoms with Gasteiger partial charge in [-0.1, -0.05) is 18.2 Å². The van der Waals surface area contributed by atoms with Crippen LogP contribution in [-0.4, -0.2) is 30.7 Å². The minimum atomic E-state index is -0.574. The zero-order valence-electron chi connectivity index (χ0n) is 17.8. The van der Waals surface area contributed by atoms with E-state index < -0.39 is 17.6 Å². The highest BCUT2D eigenvalue weighted by Crippen LogP contribution is 2.22. The molecule has 0 saturated carbocycles. The SMILES string of the molecule is CC(C)(C)OC(=O)NCCN/C=C(/C#N)C(=O)Nc1ccc(Oc2ccccc2)cc1. The van der Waals surface area contributed by atoms with E-state index in [1.807, 2.05) is 36.4 Å². The average Bonchev–Trinajstić information content (AvgIpc) is 2.71. The van der Waals surface area contributed by atoms with Crippen molar-refractivity contribution in [2.75, 3.05) is 18.4 Å². The molecule has 2 amide bonds. The molecule has 0 radical (unpaired) electrons. The lowest BCUT2D eigenvalue weighted by Crippen LogP contribution is -2.35. The molecule has 31 heavy (non-hydrogen) atoms. The monoisotopic (exact) mass is 422 g/mol. The summed E-state index contributed by atoms with van der Waals surface area (Å²) in [6, 6.07) is 18.0. The topological polar surface area (TPSA) is 112 Å². The van der Waals surface area contributed by atoms with Gasteiger partial charge in [0.05, 0.1) is 0 Å². The molecule has 0 atom stereocenters. The van der Waals surface area contributed by atoms with Crippen LogP contribution >= 0.6 is 0 Å². The summed E-state index contributed by atoms with van der Waals surface area (Å²) in [5, 5.41) is 17.3. The highest BCUT2D eigenvalue weighted by atomic mass is 16.6. The average molecular weight is 422 g/mol. The molecule has 0 bridgehead atoms. The second kappa shape index (κ2) is 11.3. The molecule has 0 aliphatic heterocycles. The van der Waals surface area contributed by atoms with Crippen LogP contribution < -0.4 is 20.7 Å². The second-order valence-electron chi connectivity index (χ2n) is 7.45. The lowest BCUT2D eigenvalue weighted by molar-refractivity contribution is -0.112. The summed E-state index contributed by atoms with van der Waals surface area (Å²) in [6.45, 7) is 5.91. The molecule has 8 nitrogen and oxygen atoms in total. The fourth-order valence-corrected chi connectivity index (χ4v) is 2.30. The van der Waals surface area contributed by atoms with E-state index in [0.717, 1.165) is 0 Å². The molecule has 2 aromatic carbocycles. The van der Waals surface area contributed by atoms with Crippen LogP contribution in [-0.2, 0) is 9.53 Å². The van der Waals surface area contributed by atoms with Crippen LogP contribution in [0.1, 0.15) is 20.8 Å². The van der Waals surface area contributed by atoms with Crippen molar-refractivity contribution < 1.29 is 19.1 Å². The van der Waals surface area contributed by atoms with Gasteiger partial charge in [-0.05, 0) is 57.2 Å². The maximum atomic E-state index is 12.3. The number of carbonyl (C=O) groups excluding carboxylic acids is 2. The Kier molecular flexibility index (Phi) is 8.46. The van der Waals surface area contributed by atoms with Crippen LogP contribution in [0.2, 0.25) is 0 Å². The van der Waals surface area contributed by atoms with Crippen LogP contribution in [0.15, 0.2) is 66.4 Å². The molecule has 0 aliphatic rings. The van der Waals surface area contributed by atoms with E-state index in [0.29, 0.717) is 23.7 Å². The van der Waals surface area contributed by atoms with E-state index in [1.54, 1.807) is 45.0 Å². The number of ether oxygens (including phenoxy) is 2. The Hall–Kier alpha value is -3.99. The number of hydrogen-bond donors (Lipinski definition) is 3. The zero-order valence-corrected chi connectivity index (χ0v) is 17.8. The van der Waals surface area contributed by atoms with Crippen molar-refractivity contribution in [1.29, 1.82) is 5.26 Å². The number of nitrogens with zero attached hydrogens (tertiary/aromatic N) is 1. The normalized spacial score (nSPS) is 11.1. The molecule has 0 unspecified atom stereocenters. The lowest BCUT2D eigenvalue weighted by Gasteiger charge is -2.19. The van der Waals surface area contributed by atoms with Crippen LogP contribution in [0.5, 0.6) is 11.5 Å². The number of amides is 2. The number of nitriles is 1. The van der Waals surface area contributed by atoms with Crippen LogP contribution in [0.3, 0.4) is 0 Å². The van der Waals surface area contributed by atoms with E-state index in [9.17, 15) is 14.9 Å². The number of carbonyl (C=O) groups is 2. The van der Waals surface area contributed by atoms with Gasteiger partial charge in [0.2, 0.25) is 0 Å². The van der Waals surface area contributed by atoms with Crippen molar-refractivity contribution in [2.45, 2.75) is 26.4 Å². The summed E-state index contributed by atoms with van der Waals surface area (Å²) >= 11 is 0. The molecule has 0 heterocycles. The number of rotatable bonds is 8. The van der Waals surface area contributed by atoms with Gasteiger partial charge in [-0.15, -0.1) is 0 Å². The van der Waals surface area contributed by atoms with Gasteiger partial charge in [0.15, 0.2) is 0 Å². The highest BCUT2D eigenvalue weighted by molar-refractivity contribution is 6.06. The Morgan fingerprint density at radius 1 is 1.00 bits per heavy atom. The van der Waals surface area contributed by atoms with Crippen LogP contribution in [0.25, 0.3) is 0 Å². The van der Waals surface area contributed by atoms with E-state index in [1.165, 1.54) is 6.20 Å². The first-order chi connectivity index (χ1) is 14.8. The molecule has 0 aromatic heterocycles. The maximum absolute atomic E-state index is 12.3. The van der Waals surface area contributed by atoms with Crippen molar-refractivity contribution >= 4 is 17.7 Å². The van der Waals surface area contributed by atoms with Gasteiger partial charge in [0, 0.05) is 25.0 Å². The van der Waals surface area contributed by atoms with Gasteiger partial charge < -0.3 is 25.4 Å². The Bertz CT molecular complexity index is 942.